The molecule has 2 aromatic heterocycles. The first-order valence-corrected chi connectivity index (χ1v) is 20.0. The molecular formula is C55H34N2O. The molecule has 1 spiro atoms. The number of hydrogen-bond acceptors (Lipinski definition) is 2. The van der Waals surface area contributed by atoms with Crippen LogP contribution in [0.5, 0.6) is 0 Å². The Bertz CT molecular complexity index is 3430. The predicted octanol–water partition coefficient (Wildman–Crippen LogP) is 14.5. The van der Waals surface area contributed by atoms with Crippen molar-refractivity contribution in [1.82, 2.24) is 4.57 Å². The molecule has 270 valence electrons. The molecule has 0 radical (unpaired) electrons. The Morgan fingerprint density at radius 2 is 1.03 bits per heavy atom. The third-order valence-corrected chi connectivity index (χ3v) is 12.8. The normalized spacial score (nSPS) is 13.3. The van der Waals surface area contributed by atoms with Crippen LogP contribution in [0.3, 0.4) is 0 Å². The number of aromatic nitrogens is 1. The van der Waals surface area contributed by atoms with Gasteiger partial charge in [0.25, 0.3) is 0 Å². The van der Waals surface area contributed by atoms with Gasteiger partial charge in [0.05, 0.1) is 27.8 Å². The summed E-state index contributed by atoms with van der Waals surface area (Å²) >= 11 is 0. The number of benzene rings is 9. The van der Waals surface area contributed by atoms with Gasteiger partial charge in [0, 0.05) is 38.5 Å². The van der Waals surface area contributed by atoms with Crippen LogP contribution < -0.4 is 4.90 Å². The number of nitrogens with zero attached hydrogens (tertiary/aromatic N) is 2. The largest absolute Gasteiger partial charge is 0.456 e. The molecule has 13 rings (SSSR count). The minimum absolute atomic E-state index is 0.483. The topological polar surface area (TPSA) is 21.3 Å². The molecule has 2 aliphatic rings. The Kier molecular flexibility index (Phi) is 6.37. The van der Waals surface area contributed by atoms with Gasteiger partial charge >= 0.3 is 0 Å². The first kappa shape index (κ1) is 31.6. The average Bonchev–Trinajstić information content (AvgIpc) is 3.93. The van der Waals surface area contributed by atoms with Gasteiger partial charge in [-0.2, -0.15) is 0 Å². The van der Waals surface area contributed by atoms with E-state index in [9.17, 15) is 0 Å². The summed E-state index contributed by atoms with van der Waals surface area (Å²) in [6, 6.07) is 75.6. The van der Waals surface area contributed by atoms with Crippen molar-refractivity contribution < 1.29 is 4.42 Å². The lowest BCUT2D eigenvalue weighted by Gasteiger charge is -2.40. The van der Waals surface area contributed by atoms with E-state index in [0.717, 1.165) is 50.1 Å². The zero-order valence-electron chi connectivity index (χ0n) is 31.4. The predicted molar refractivity (Wildman–Crippen MR) is 239 cm³/mol. The first-order valence-electron chi connectivity index (χ1n) is 20.0. The SMILES string of the molecule is c1ccc(N(c2ccc3oc4ccccc4c3c2)c2ccccc2-c2ccc3c(c2)-n2c4ccccc4c4cccc(c42)C32c3ccccc3-c3ccccc32)cc1. The standard InChI is InChI=1S/C55H34N2O/c1-2-15-36(16-3-1)56(37-30-32-53-44(34-37)42-21-8-13-28-52(42)58-53)49-26-11-6-17-38(49)35-29-31-47-51(33-35)57-50-27-12-7-20-41(50)43-22-14-25-48(54(43)57)55(47)45-23-9-4-18-39(45)40-19-5-10-24-46(40)55/h1-34H. The van der Waals surface area contributed by atoms with E-state index in [1.165, 1.54) is 60.9 Å². The maximum atomic E-state index is 6.28. The van der Waals surface area contributed by atoms with Crippen LogP contribution in [0.1, 0.15) is 22.3 Å². The molecule has 1 aliphatic carbocycles. The zero-order chi connectivity index (χ0) is 38.0. The summed E-state index contributed by atoms with van der Waals surface area (Å²) in [6.45, 7) is 0. The molecule has 58 heavy (non-hydrogen) atoms. The number of rotatable bonds is 4. The minimum Gasteiger partial charge on any atom is -0.456 e. The van der Waals surface area contributed by atoms with E-state index in [0.29, 0.717) is 0 Å². The molecule has 0 saturated heterocycles. The molecule has 0 amide bonds. The number of furan rings is 1. The van der Waals surface area contributed by atoms with Crippen molar-refractivity contribution in [2.75, 3.05) is 4.90 Å². The minimum atomic E-state index is -0.483. The van der Waals surface area contributed by atoms with Gasteiger partial charge in [0.2, 0.25) is 0 Å². The first-order chi connectivity index (χ1) is 28.8. The third kappa shape index (κ3) is 4.07. The number of para-hydroxylation sites is 5. The molecule has 3 heterocycles. The van der Waals surface area contributed by atoms with Crippen LogP contribution in [0.4, 0.5) is 17.1 Å². The fourth-order valence-electron chi connectivity index (χ4n) is 10.5. The molecule has 3 nitrogen and oxygen atoms in total. The van der Waals surface area contributed by atoms with Crippen molar-refractivity contribution in [1.29, 1.82) is 0 Å². The van der Waals surface area contributed by atoms with E-state index >= 15 is 0 Å². The Hall–Kier alpha value is -7.62. The van der Waals surface area contributed by atoms with Crippen molar-refractivity contribution in [3.63, 3.8) is 0 Å². The molecule has 1 aliphatic heterocycles. The highest BCUT2D eigenvalue weighted by molar-refractivity contribution is 6.13. The summed E-state index contributed by atoms with van der Waals surface area (Å²) in [6.07, 6.45) is 0. The summed E-state index contributed by atoms with van der Waals surface area (Å²) in [5.74, 6) is 0. The number of hydrogen-bond donors (Lipinski definition) is 0. The van der Waals surface area contributed by atoms with Crippen LogP contribution in [-0.2, 0) is 5.41 Å². The summed E-state index contributed by atoms with van der Waals surface area (Å²) in [5.41, 5.74) is 18.5. The van der Waals surface area contributed by atoms with Crippen LogP contribution in [0.25, 0.3) is 71.7 Å². The highest BCUT2D eigenvalue weighted by Gasteiger charge is 2.50. The molecule has 0 unspecified atom stereocenters. The van der Waals surface area contributed by atoms with Crippen molar-refractivity contribution in [2.24, 2.45) is 0 Å². The fourth-order valence-corrected chi connectivity index (χ4v) is 10.5. The lowest BCUT2D eigenvalue weighted by atomic mass is 9.65. The Morgan fingerprint density at radius 3 is 1.86 bits per heavy atom. The zero-order valence-corrected chi connectivity index (χ0v) is 31.4. The van der Waals surface area contributed by atoms with E-state index in [1.54, 1.807) is 0 Å². The summed E-state index contributed by atoms with van der Waals surface area (Å²) in [4.78, 5) is 2.39. The van der Waals surface area contributed by atoms with Crippen molar-refractivity contribution in [3.05, 3.63) is 229 Å². The Morgan fingerprint density at radius 1 is 0.397 bits per heavy atom. The van der Waals surface area contributed by atoms with Crippen molar-refractivity contribution in [2.45, 2.75) is 5.41 Å². The maximum Gasteiger partial charge on any atom is 0.135 e. The molecule has 0 N–H and O–H groups in total. The lowest BCUT2D eigenvalue weighted by molar-refractivity contribution is 0.669. The molecule has 0 fully saturated rings. The van der Waals surface area contributed by atoms with Gasteiger partial charge in [0.15, 0.2) is 0 Å². The monoisotopic (exact) mass is 738 g/mol. The summed E-state index contributed by atoms with van der Waals surface area (Å²) < 4.78 is 8.82. The molecule has 0 bridgehead atoms. The van der Waals surface area contributed by atoms with Gasteiger partial charge in [-0.25, -0.2) is 0 Å². The van der Waals surface area contributed by atoms with E-state index in [1.807, 2.05) is 12.1 Å². The van der Waals surface area contributed by atoms with Crippen molar-refractivity contribution in [3.8, 4) is 27.9 Å². The summed E-state index contributed by atoms with van der Waals surface area (Å²) in [5, 5.41) is 4.77. The summed E-state index contributed by atoms with van der Waals surface area (Å²) in [7, 11) is 0. The average molecular weight is 739 g/mol. The van der Waals surface area contributed by atoms with Crippen LogP contribution in [0, 0.1) is 0 Å². The van der Waals surface area contributed by atoms with E-state index in [2.05, 4.69) is 204 Å². The second-order valence-corrected chi connectivity index (χ2v) is 15.6. The Labute approximate surface area is 335 Å². The van der Waals surface area contributed by atoms with E-state index in [4.69, 9.17) is 4.42 Å². The van der Waals surface area contributed by atoms with Crippen molar-refractivity contribution >= 4 is 60.8 Å². The molecular weight excluding hydrogens is 705 g/mol. The number of fused-ring (bicyclic) bond motifs is 15. The smallest absolute Gasteiger partial charge is 0.135 e. The van der Waals surface area contributed by atoms with E-state index in [-0.39, 0.29) is 0 Å². The van der Waals surface area contributed by atoms with E-state index < -0.39 is 5.41 Å². The van der Waals surface area contributed by atoms with Crippen LogP contribution in [-0.4, -0.2) is 4.57 Å². The number of anilines is 3. The highest BCUT2D eigenvalue weighted by atomic mass is 16.3. The van der Waals surface area contributed by atoms with Gasteiger partial charge in [-0.1, -0.05) is 152 Å². The maximum absolute atomic E-state index is 6.28. The third-order valence-electron chi connectivity index (χ3n) is 12.8. The quantitative estimate of drug-likeness (QED) is 0.179. The van der Waals surface area contributed by atoms with Gasteiger partial charge < -0.3 is 13.9 Å². The van der Waals surface area contributed by atoms with Gasteiger partial charge in [-0.3, -0.25) is 0 Å². The lowest BCUT2D eigenvalue weighted by Crippen LogP contribution is -2.33. The molecule has 3 heteroatoms. The Balaban J connectivity index is 1.10. The molecule has 0 atom stereocenters. The van der Waals surface area contributed by atoms with Crippen LogP contribution >= 0.6 is 0 Å². The molecule has 9 aromatic carbocycles. The molecule has 11 aromatic rings. The second-order valence-electron chi connectivity index (χ2n) is 15.6. The van der Waals surface area contributed by atoms with Gasteiger partial charge in [-0.05, 0) is 93.5 Å². The van der Waals surface area contributed by atoms with Gasteiger partial charge in [-0.15, -0.1) is 0 Å². The van der Waals surface area contributed by atoms with Crippen LogP contribution in [0.15, 0.2) is 211 Å². The molecule has 0 saturated carbocycles. The second kappa shape index (κ2) is 11.7. The van der Waals surface area contributed by atoms with Gasteiger partial charge in [0.1, 0.15) is 11.2 Å². The van der Waals surface area contributed by atoms with Crippen LogP contribution in [0.2, 0.25) is 0 Å². The fraction of sp³-hybridized carbons (Fsp3) is 0.0182. The highest BCUT2D eigenvalue weighted by Crippen LogP contribution is 2.61.